The number of amides is 1. The zero-order valence-electron chi connectivity index (χ0n) is 11.6. The molecular formula is C14H17ClN4OS. The first-order valence-electron chi connectivity index (χ1n) is 6.69. The molecule has 1 atom stereocenters. The number of carbonyl (C=O) groups is 1. The minimum absolute atomic E-state index is 0. The van der Waals surface area contributed by atoms with Crippen molar-refractivity contribution >= 4 is 34.8 Å². The highest BCUT2D eigenvalue weighted by molar-refractivity contribution is 7.15. The van der Waals surface area contributed by atoms with Crippen LogP contribution in [-0.2, 0) is 24.2 Å². The highest BCUT2D eigenvalue weighted by Gasteiger charge is 2.24. The molecule has 21 heavy (non-hydrogen) atoms. The third kappa shape index (κ3) is 3.58. The Morgan fingerprint density at radius 1 is 1.38 bits per heavy atom. The van der Waals surface area contributed by atoms with E-state index in [0.29, 0.717) is 11.6 Å². The van der Waals surface area contributed by atoms with Gasteiger partial charge < -0.3 is 5.32 Å². The quantitative estimate of drug-likeness (QED) is 0.908. The van der Waals surface area contributed by atoms with E-state index in [9.17, 15) is 4.79 Å². The van der Waals surface area contributed by atoms with Crippen molar-refractivity contribution in [3.63, 3.8) is 0 Å². The highest BCUT2D eigenvalue weighted by Crippen LogP contribution is 2.19. The molecular weight excluding hydrogens is 308 g/mol. The van der Waals surface area contributed by atoms with E-state index in [4.69, 9.17) is 0 Å². The maximum absolute atomic E-state index is 12.2. The molecule has 1 aliphatic rings. The van der Waals surface area contributed by atoms with Crippen LogP contribution in [0.2, 0.25) is 0 Å². The molecule has 3 rings (SSSR count). The number of rotatable bonds is 3. The van der Waals surface area contributed by atoms with Gasteiger partial charge in [0, 0.05) is 6.54 Å². The summed E-state index contributed by atoms with van der Waals surface area (Å²) in [5, 5.41) is 15.6. The monoisotopic (exact) mass is 324 g/mol. The number of aryl methyl sites for hydroxylation is 1. The van der Waals surface area contributed by atoms with Crippen molar-refractivity contribution in [3.05, 3.63) is 40.4 Å². The highest BCUT2D eigenvalue weighted by atomic mass is 35.5. The van der Waals surface area contributed by atoms with E-state index in [-0.39, 0.29) is 24.4 Å². The molecule has 1 aromatic heterocycles. The molecule has 1 amide bonds. The first kappa shape index (κ1) is 15.9. The van der Waals surface area contributed by atoms with Crippen molar-refractivity contribution in [2.24, 2.45) is 0 Å². The van der Waals surface area contributed by atoms with Crippen molar-refractivity contribution in [1.29, 1.82) is 0 Å². The Hall–Kier alpha value is -1.50. The Kier molecular flexibility index (Phi) is 5.27. The second-order valence-electron chi connectivity index (χ2n) is 4.75. The topological polar surface area (TPSA) is 66.9 Å². The van der Waals surface area contributed by atoms with E-state index in [1.54, 1.807) is 0 Å². The Morgan fingerprint density at radius 2 is 2.14 bits per heavy atom. The van der Waals surface area contributed by atoms with Gasteiger partial charge in [0.1, 0.15) is 5.01 Å². The molecule has 1 unspecified atom stereocenters. The maximum Gasteiger partial charge on any atom is 0.243 e. The Labute approximate surface area is 133 Å². The Morgan fingerprint density at radius 3 is 2.86 bits per heavy atom. The lowest BCUT2D eigenvalue weighted by atomic mass is 9.95. The lowest BCUT2D eigenvalue weighted by Gasteiger charge is -2.24. The summed E-state index contributed by atoms with van der Waals surface area (Å²) < 4.78 is 0. The predicted octanol–water partition coefficient (Wildman–Crippen LogP) is 2.18. The summed E-state index contributed by atoms with van der Waals surface area (Å²) in [6.07, 6.45) is 1.55. The number of anilines is 1. The molecule has 2 heterocycles. The molecule has 2 N–H and O–H groups in total. The van der Waals surface area contributed by atoms with Gasteiger partial charge in [-0.3, -0.25) is 10.1 Å². The van der Waals surface area contributed by atoms with Crippen LogP contribution in [0, 0.1) is 0 Å². The summed E-state index contributed by atoms with van der Waals surface area (Å²) in [6, 6.07) is 8.00. The fourth-order valence-corrected chi connectivity index (χ4v) is 2.96. The molecule has 5 nitrogen and oxygen atoms in total. The SMILES string of the molecule is CCc1nnc(NC(=O)C2Cc3ccccc3CN2)s1.Cl. The number of carbonyl (C=O) groups excluding carboxylic acids is 1. The minimum Gasteiger partial charge on any atom is -0.301 e. The van der Waals surface area contributed by atoms with Gasteiger partial charge in [0.25, 0.3) is 0 Å². The number of fused-ring (bicyclic) bond motifs is 1. The number of nitrogens with zero attached hydrogens (tertiary/aromatic N) is 2. The lowest BCUT2D eigenvalue weighted by molar-refractivity contribution is -0.118. The third-order valence-corrected chi connectivity index (χ3v) is 4.38. The van der Waals surface area contributed by atoms with Crippen LogP contribution in [0.3, 0.4) is 0 Å². The molecule has 0 saturated carbocycles. The number of nitrogens with one attached hydrogen (secondary N) is 2. The molecule has 0 saturated heterocycles. The van der Waals surface area contributed by atoms with E-state index in [0.717, 1.165) is 18.0 Å². The number of aromatic nitrogens is 2. The lowest BCUT2D eigenvalue weighted by Crippen LogP contribution is -2.44. The van der Waals surface area contributed by atoms with E-state index in [2.05, 4.69) is 33.0 Å². The van der Waals surface area contributed by atoms with Crippen LogP contribution in [0.25, 0.3) is 0 Å². The largest absolute Gasteiger partial charge is 0.301 e. The number of halogens is 1. The minimum atomic E-state index is -0.209. The fraction of sp³-hybridized carbons (Fsp3) is 0.357. The van der Waals surface area contributed by atoms with Gasteiger partial charge in [0.05, 0.1) is 6.04 Å². The third-order valence-electron chi connectivity index (χ3n) is 3.40. The van der Waals surface area contributed by atoms with Crippen LogP contribution < -0.4 is 10.6 Å². The number of benzene rings is 1. The van der Waals surface area contributed by atoms with Crippen LogP contribution in [0.15, 0.2) is 24.3 Å². The van der Waals surface area contributed by atoms with Gasteiger partial charge in [-0.25, -0.2) is 0 Å². The van der Waals surface area contributed by atoms with Gasteiger partial charge in [-0.2, -0.15) is 0 Å². The molecule has 1 aromatic carbocycles. The molecule has 0 fully saturated rings. The first-order chi connectivity index (χ1) is 9.76. The predicted molar refractivity (Wildman–Crippen MR) is 85.9 cm³/mol. The second kappa shape index (κ2) is 6.98. The van der Waals surface area contributed by atoms with Gasteiger partial charge >= 0.3 is 0 Å². The van der Waals surface area contributed by atoms with Crippen LogP contribution in [0.5, 0.6) is 0 Å². The summed E-state index contributed by atoms with van der Waals surface area (Å²) in [4.78, 5) is 12.2. The molecule has 2 aromatic rings. The maximum atomic E-state index is 12.2. The zero-order valence-corrected chi connectivity index (χ0v) is 13.3. The smallest absolute Gasteiger partial charge is 0.243 e. The number of hydrogen-bond acceptors (Lipinski definition) is 5. The summed E-state index contributed by atoms with van der Waals surface area (Å²) in [5.41, 5.74) is 2.50. The van der Waals surface area contributed by atoms with Gasteiger partial charge in [-0.1, -0.05) is 42.5 Å². The normalized spacial score (nSPS) is 16.7. The molecule has 0 aliphatic carbocycles. The average Bonchev–Trinajstić information content (AvgIpc) is 2.94. The van der Waals surface area contributed by atoms with Gasteiger partial charge in [0.2, 0.25) is 11.0 Å². The molecule has 112 valence electrons. The zero-order chi connectivity index (χ0) is 13.9. The summed E-state index contributed by atoms with van der Waals surface area (Å²) in [6.45, 7) is 2.75. The van der Waals surface area contributed by atoms with Gasteiger partial charge in [-0.05, 0) is 24.0 Å². The fourth-order valence-electron chi connectivity index (χ4n) is 2.28. The van der Waals surface area contributed by atoms with Crippen LogP contribution >= 0.6 is 23.7 Å². The van der Waals surface area contributed by atoms with E-state index in [1.807, 2.05) is 19.1 Å². The standard InChI is InChI=1S/C14H16N4OS.ClH/c1-2-12-17-18-14(20-12)16-13(19)11-7-9-5-3-4-6-10(9)8-15-11;/h3-6,11,15H,2,7-8H2,1H3,(H,16,18,19);1H. The molecule has 1 aliphatic heterocycles. The Balaban J connectivity index is 0.00000161. The van der Waals surface area contributed by atoms with Crippen molar-refractivity contribution in [2.75, 3.05) is 5.32 Å². The van der Waals surface area contributed by atoms with Crippen molar-refractivity contribution < 1.29 is 4.79 Å². The van der Waals surface area contributed by atoms with Crippen molar-refractivity contribution in [2.45, 2.75) is 32.4 Å². The summed E-state index contributed by atoms with van der Waals surface area (Å²) in [5.74, 6) is -0.0432. The van der Waals surface area contributed by atoms with E-state index >= 15 is 0 Å². The first-order valence-corrected chi connectivity index (χ1v) is 7.51. The average molecular weight is 325 g/mol. The molecule has 7 heteroatoms. The van der Waals surface area contributed by atoms with Crippen molar-refractivity contribution in [3.8, 4) is 0 Å². The van der Waals surface area contributed by atoms with Gasteiger partial charge in [-0.15, -0.1) is 22.6 Å². The van der Waals surface area contributed by atoms with Crippen molar-refractivity contribution in [1.82, 2.24) is 15.5 Å². The number of hydrogen-bond donors (Lipinski definition) is 2. The van der Waals surface area contributed by atoms with E-state index in [1.165, 1.54) is 22.5 Å². The Bertz CT molecular complexity index is 631. The van der Waals surface area contributed by atoms with E-state index < -0.39 is 0 Å². The molecule has 0 bridgehead atoms. The summed E-state index contributed by atoms with van der Waals surface area (Å²) >= 11 is 1.43. The molecule has 0 spiro atoms. The summed E-state index contributed by atoms with van der Waals surface area (Å²) in [7, 11) is 0. The molecule has 0 radical (unpaired) electrons. The van der Waals surface area contributed by atoms with Crippen LogP contribution in [0.1, 0.15) is 23.1 Å². The second-order valence-corrected chi connectivity index (χ2v) is 5.81. The van der Waals surface area contributed by atoms with Crippen LogP contribution in [-0.4, -0.2) is 22.1 Å². The van der Waals surface area contributed by atoms with Crippen LogP contribution in [0.4, 0.5) is 5.13 Å². The van der Waals surface area contributed by atoms with Gasteiger partial charge in [0.15, 0.2) is 0 Å².